The Bertz CT molecular complexity index is 2060. The smallest absolute Gasteiger partial charge is 0.258 e. The molecule has 0 spiro atoms. The second kappa shape index (κ2) is 13.8. The summed E-state index contributed by atoms with van der Waals surface area (Å²) in [4.78, 5) is 23.2. The van der Waals surface area contributed by atoms with Crippen LogP contribution in [0.1, 0.15) is 65.4 Å². The average molecular weight is 693 g/mol. The molecule has 10 heteroatoms. The first-order valence-electron chi connectivity index (χ1n) is 17.1. The molecule has 5 aromatic rings. The lowest BCUT2D eigenvalue weighted by Crippen LogP contribution is -2.40. The van der Waals surface area contributed by atoms with Crippen LogP contribution in [0.25, 0.3) is 10.9 Å². The predicted molar refractivity (Wildman–Crippen MR) is 194 cm³/mol. The molecule has 1 fully saturated rings. The molecule has 0 N–H and O–H groups in total. The number of ether oxygens (including phenoxy) is 1. The van der Waals surface area contributed by atoms with Gasteiger partial charge in [-0.05, 0) is 67.6 Å². The van der Waals surface area contributed by atoms with E-state index in [4.69, 9.17) is 9.72 Å². The Balaban J connectivity index is 1.37. The maximum absolute atomic E-state index is 14.6. The Hall–Kier alpha value is -4.80. The number of anilines is 1. The molecular formula is C40H41FN4O4S. The van der Waals surface area contributed by atoms with Gasteiger partial charge in [-0.25, -0.2) is 12.8 Å². The van der Waals surface area contributed by atoms with Crippen molar-refractivity contribution in [3.8, 4) is 5.75 Å². The van der Waals surface area contributed by atoms with Gasteiger partial charge in [0.25, 0.3) is 5.91 Å². The number of pyridine rings is 1. The third-order valence-corrected chi connectivity index (χ3v) is 11.9. The van der Waals surface area contributed by atoms with Crippen LogP contribution >= 0.6 is 0 Å². The quantitative estimate of drug-likeness (QED) is 0.144. The monoisotopic (exact) mass is 692 g/mol. The first-order valence-corrected chi connectivity index (χ1v) is 18.7. The van der Waals surface area contributed by atoms with Gasteiger partial charge in [0.15, 0.2) is 5.75 Å². The molecule has 2 atom stereocenters. The van der Waals surface area contributed by atoms with E-state index in [0.717, 1.165) is 29.5 Å². The Labute approximate surface area is 293 Å². The Morgan fingerprint density at radius 1 is 0.900 bits per heavy atom. The number of carbonyl (C=O) groups is 1. The lowest BCUT2D eigenvalue weighted by Gasteiger charge is -2.29. The lowest BCUT2D eigenvalue weighted by molar-refractivity contribution is 0.0762. The lowest BCUT2D eigenvalue weighted by atomic mass is 9.99. The maximum Gasteiger partial charge on any atom is 0.258 e. The molecule has 0 radical (unpaired) electrons. The van der Waals surface area contributed by atoms with Crippen molar-refractivity contribution in [3.63, 3.8) is 0 Å². The van der Waals surface area contributed by atoms with Gasteiger partial charge in [0.2, 0.25) is 10.0 Å². The molecule has 0 bridgehead atoms. The minimum Gasteiger partial charge on any atom is -0.478 e. The molecular weight excluding hydrogens is 652 g/mol. The van der Waals surface area contributed by atoms with E-state index in [1.807, 2.05) is 66.7 Å². The number of carbonyl (C=O) groups excluding carboxylic acids is 1. The van der Waals surface area contributed by atoms with Crippen molar-refractivity contribution in [3.05, 3.63) is 137 Å². The molecule has 1 saturated heterocycles. The Morgan fingerprint density at radius 2 is 1.52 bits per heavy atom. The number of likely N-dealkylation sites (tertiary alicyclic amines) is 1. The third kappa shape index (κ3) is 6.45. The first kappa shape index (κ1) is 33.7. The molecule has 2 aliphatic rings. The van der Waals surface area contributed by atoms with Crippen molar-refractivity contribution in [2.45, 2.75) is 58.0 Å². The molecule has 1 amide bonds. The first-order chi connectivity index (χ1) is 24.1. The summed E-state index contributed by atoms with van der Waals surface area (Å²) in [5, 5.41) is 0.575. The van der Waals surface area contributed by atoms with E-state index in [1.165, 1.54) is 16.4 Å². The van der Waals surface area contributed by atoms with Gasteiger partial charge in [-0.1, -0.05) is 72.8 Å². The highest BCUT2D eigenvalue weighted by atomic mass is 32.2. The number of halogens is 1. The molecule has 258 valence electrons. The van der Waals surface area contributed by atoms with Gasteiger partial charge in [0.1, 0.15) is 17.4 Å². The zero-order valence-electron chi connectivity index (χ0n) is 28.5. The van der Waals surface area contributed by atoms with Crippen molar-refractivity contribution in [2.24, 2.45) is 0 Å². The van der Waals surface area contributed by atoms with Gasteiger partial charge in [-0.3, -0.25) is 19.0 Å². The minimum absolute atomic E-state index is 0.0652. The molecule has 0 aliphatic carbocycles. The summed E-state index contributed by atoms with van der Waals surface area (Å²) in [5.41, 5.74) is 4.19. The van der Waals surface area contributed by atoms with E-state index in [2.05, 4.69) is 18.7 Å². The van der Waals surface area contributed by atoms with E-state index in [1.54, 1.807) is 36.3 Å². The number of benzene rings is 4. The molecule has 50 heavy (non-hydrogen) atoms. The predicted octanol–water partition coefficient (Wildman–Crippen LogP) is 7.34. The van der Waals surface area contributed by atoms with Crippen LogP contribution in [0, 0.1) is 5.82 Å². The zero-order chi connectivity index (χ0) is 35.0. The fourth-order valence-electron chi connectivity index (χ4n) is 7.42. The molecule has 4 aromatic carbocycles. The fourth-order valence-corrected chi connectivity index (χ4v) is 8.62. The van der Waals surface area contributed by atoms with Gasteiger partial charge in [-0.15, -0.1) is 0 Å². The van der Waals surface area contributed by atoms with Crippen LogP contribution in [0.4, 0.5) is 10.1 Å². The molecule has 2 unspecified atom stereocenters. The summed E-state index contributed by atoms with van der Waals surface area (Å²) in [6.45, 7) is 5.05. The van der Waals surface area contributed by atoms with Gasteiger partial charge >= 0.3 is 0 Å². The molecule has 0 saturated carbocycles. The third-order valence-electron chi connectivity index (χ3n) is 10.1. The number of sulfonamides is 1. The molecule has 8 nitrogen and oxygen atoms in total. The molecule has 2 aliphatic heterocycles. The van der Waals surface area contributed by atoms with Crippen molar-refractivity contribution in [2.75, 3.05) is 23.7 Å². The summed E-state index contributed by atoms with van der Waals surface area (Å²) < 4.78 is 50.4. The SMILES string of the molecule is CC1CCC(C)N1CCS(=O)(=O)N(C)c1c2c(c(OC(c3ccccc3)c3ccccc3)c3ncccc13)C(=O)N(Cc1ccc(F)cc1)C2. The van der Waals surface area contributed by atoms with Crippen molar-refractivity contribution >= 4 is 32.5 Å². The highest BCUT2D eigenvalue weighted by Gasteiger charge is 2.39. The van der Waals surface area contributed by atoms with Gasteiger partial charge in [0, 0.05) is 55.9 Å². The second-order valence-corrected chi connectivity index (χ2v) is 15.5. The van der Waals surface area contributed by atoms with Crippen LogP contribution in [-0.2, 0) is 23.1 Å². The summed E-state index contributed by atoms with van der Waals surface area (Å²) in [6, 6.07) is 29.8. The number of hydrogen-bond acceptors (Lipinski definition) is 6. The van der Waals surface area contributed by atoms with Crippen LogP contribution in [0.15, 0.2) is 103 Å². The van der Waals surface area contributed by atoms with E-state index >= 15 is 0 Å². The number of nitrogens with zero attached hydrogens (tertiary/aromatic N) is 4. The van der Waals surface area contributed by atoms with Gasteiger partial charge in [0.05, 0.1) is 17.0 Å². The van der Waals surface area contributed by atoms with E-state index < -0.39 is 16.1 Å². The van der Waals surface area contributed by atoms with E-state index in [-0.39, 0.29) is 36.1 Å². The number of rotatable bonds is 11. The summed E-state index contributed by atoms with van der Waals surface area (Å²) in [7, 11) is -2.26. The normalized spacial score (nSPS) is 17.9. The van der Waals surface area contributed by atoms with Crippen molar-refractivity contribution < 1.29 is 22.3 Å². The zero-order valence-corrected chi connectivity index (χ0v) is 29.3. The molecule has 7 rings (SSSR count). The Kier molecular flexibility index (Phi) is 9.32. The average Bonchev–Trinajstić information content (AvgIpc) is 3.63. The van der Waals surface area contributed by atoms with E-state index in [0.29, 0.717) is 46.5 Å². The van der Waals surface area contributed by atoms with Gasteiger partial charge < -0.3 is 9.64 Å². The largest absolute Gasteiger partial charge is 0.478 e. The standard InChI is InChI=1S/C40H41FN4O4S/c1-27-16-17-28(2)45(27)23-24-50(47,48)43(3)37-33-15-10-22-42-36(33)39(49-38(30-11-6-4-7-12-30)31-13-8-5-9-14-31)35-34(37)26-44(40(35)46)25-29-18-20-32(41)21-19-29/h4-15,18-22,27-28,38H,16-17,23-26H2,1-3H3. The summed E-state index contributed by atoms with van der Waals surface area (Å²) in [5.74, 6) is -0.435. The maximum atomic E-state index is 14.6. The van der Waals surface area contributed by atoms with Crippen LogP contribution < -0.4 is 9.04 Å². The van der Waals surface area contributed by atoms with Crippen molar-refractivity contribution in [1.29, 1.82) is 0 Å². The second-order valence-electron chi connectivity index (χ2n) is 13.3. The minimum atomic E-state index is -3.83. The topological polar surface area (TPSA) is 83.0 Å². The fraction of sp³-hybridized carbons (Fsp3) is 0.300. The van der Waals surface area contributed by atoms with E-state index in [9.17, 15) is 17.6 Å². The Morgan fingerprint density at radius 3 is 2.14 bits per heavy atom. The molecule has 1 aromatic heterocycles. The van der Waals surface area contributed by atoms with Crippen molar-refractivity contribution in [1.82, 2.24) is 14.8 Å². The summed E-state index contributed by atoms with van der Waals surface area (Å²) >= 11 is 0. The molecule has 3 heterocycles. The van der Waals surface area contributed by atoms with Crippen LogP contribution in [0.2, 0.25) is 0 Å². The summed E-state index contributed by atoms with van der Waals surface area (Å²) in [6.07, 6.45) is 3.14. The van der Waals surface area contributed by atoms with Crippen LogP contribution in [-0.4, -0.2) is 60.5 Å². The highest BCUT2D eigenvalue weighted by Crippen LogP contribution is 2.47. The highest BCUT2D eigenvalue weighted by molar-refractivity contribution is 7.92. The van der Waals surface area contributed by atoms with Gasteiger partial charge in [-0.2, -0.15) is 0 Å². The number of aromatic nitrogens is 1. The van der Waals surface area contributed by atoms with Crippen LogP contribution in [0.3, 0.4) is 0 Å². The van der Waals surface area contributed by atoms with Crippen LogP contribution in [0.5, 0.6) is 5.75 Å². The number of hydrogen-bond donors (Lipinski definition) is 0. The number of amides is 1. The number of fused-ring (bicyclic) bond motifs is 2.